The lowest BCUT2D eigenvalue weighted by Crippen LogP contribution is -2.35. The van der Waals surface area contributed by atoms with Crippen molar-refractivity contribution in [1.29, 1.82) is 0 Å². The van der Waals surface area contributed by atoms with E-state index in [4.69, 9.17) is 0 Å². The monoisotopic (exact) mass is 239 g/mol. The molecule has 0 bridgehead atoms. The summed E-state index contributed by atoms with van der Waals surface area (Å²) in [6.07, 6.45) is 3.37. The minimum atomic E-state index is -0.121. The zero-order valence-electron chi connectivity index (χ0n) is 8.95. The van der Waals surface area contributed by atoms with Crippen LogP contribution in [0.4, 0.5) is 5.13 Å². The van der Waals surface area contributed by atoms with Crippen LogP contribution in [0.2, 0.25) is 0 Å². The van der Waals surface area contributed by atoms with E-state index < -0.39 is 0 Å². The summed E-state index contributed by atoms with van der Waals surface area (Å²) < 4.78 is 0. The smallest absolute Gasteiger partial charge is 0.243 e. The molecule has 1 amide bonds. The number of nitrogens with zero attached hydrogens (tertiary/aromatic N) is 1. The highest BCUT2D eigenvalue weighted by atomic mass is 32.1. The molecule has 2 N–H and O–H groups in total. The van der Waals surface area contributed by atoms with Crippen molar-refractivity contribution in [2.45, 2.75) is 25.8 Å². The van der Waals surface area contributed by atoms with Gasteiger partial charge in [-0.2, -0.15) is 0 Å². The second-order valence-electron chi connectivity index (χ2n) is 3.72. The average molecular weight is 239 g/mol. The molecule has 2 rings (SSSR count). The van der Waals surface area contributed by atoms with E-state index in [0.29, 0.717) is 10.0 Å². The van der Waals surface area contributed by atoms with Gasteiger partial charge in [0.05, 0.1) is 17.1 Å². The van der Waals surface area contributed by atoms with Gasteiger partial charge in [-0.05, 0) is 19.4 Å². The second kappa shape index (κ2) is 4.71. The number of aromatic nitrogens is 1. The van der Waals surface area contributed by atoms with Gasteiger partial charge in [0, 0.05) is 6.92 Å². The van der Waals surface area contributed by atoms with E-state index in [-0.39, 0.29) is 17.7 Å². The highest BCUT2D eigenvalue weighted by molar-refractivity contribution is 7.17. The van der Waals surface area contributed by atoms with Crippen LogP contribution in [0.25, 0.3) is 0 Å². The Balaban J connectivity index is 1.97. The fourth-order valence-electron chi connectivity index (χ4n) is 1.60. The number of thiazole rings is 1. The quantitative estimate of drug-likeness (QED) is 0.773. The Hall–Kier alpha value is -1.27. The molecule has 1 aromatic rings. The van der Waals surface area contributed by atoms with E-state index in [9.17, 15) is 9.59 Å². The molecule has 1 aliphatic rings. The lowest BCUT2D eigenvalue weighted by atomic mass is 10.2. The minimum absolute atomic E-state index is 0.0306. The van der Waals surface area contributed by atoms with Gasteiger partial charge in [0.25, 0.3) is 0 Å². The summed E-state index contributed by atoms with van der Waals surface area (Å²) in [4.78, 5) is 27.3. The van der Waals surface area contributed by atoms with Crippen LogP contribution < -0.4 is 10.6 Å². The van der Waals surface area contributed by atoms with E-state index in [0.717, 1.165) is 19.4 Å². The number of ketones is 1. The van der Waals surface area contributed by atoms with E-state index in [1.54, 1.807) is 0 Å². The molecule has 16 heavy (non-hydrogen) atoms. The fourth-order valence-corrected chi connectivity index (χ4v) is 2.31. The Kier molecular flexibility index (Phi) is 3.31. The molecular weight excluding hydrogens is 226 g/mol. The average Bonchev–Trinajstić information content (AvgIpc) is 2.87. The van der Waals surface area contributed by atoms with Gasteiger partial charge in [-0.1, -0.05) is 11.3 Å². The van der Waals surface area contributed by atoms with Crippen LogP contribution >= 0.6 is 11.3 Å². The van der Waals surface area contributed by atoms with Crippen LogP contribution in [0.1, 0.15) is 29.4 Å². The summed E-state index contributed by atoms with van der Waals surface area (Å²) in [6.45, 7) is 2.37. The molecular formula is C10H13N3O2S. The highest BCUT2D eigenvalue weighted by Crippen LogP contribution is 2.19. The first-order chi connectivity index (χ1) is 7.66. The van der Waals surface area contributed by atoms with E-state index in [1.807, 2.05) is 0 Å². The van der Waals surface area contributed by atoms with E-state index >= 15 is 0 Å². The van der Waals surface area contributed by atoms with Crippen molar-refractivity contribution < 1.29 is 9.59 Å². The Bertz CT molecular complexity index is 410. The highest BCUT2D eigenvalue weighted by Gasteiger charge is 2.22. The third-order valence-corrected chi connectivity index (χ3v) is 3.47. The zero-order valence-corrected chi connectivity index (χ0v) is 9.76. The van der Waals surface area contributed by atoms with Gasteiger partial charge in [-0.3, -0.25) is 9.59 Å². The van der Waals surface area contributed by atoms with Gasteiger partial charge >= 0.3 is 0 Å². The molecule has 1 atom stereocenters. The number of anilines is 1. The lowest BCUT2D eigenvalue weighted by molar-refractivity contribution is -0.117. The molecule has 0 radical (unpaired) electrons. The van der Waals surface area contributed by atoms with Gasteiger partial charge in [-0.15, -0.1) is 0 Å². The molecule has 0 spiro atoms. The normalized spacial score (nSPS) is 19.7. The third kappa shape index (κ3) is 2.45. The molecule has 1 aromatic heterocycles. The lowest BCUT2D eigenvalue weighted by Gasteiger charge is -2.08. The number of hydrogen-bond donors (Lipinski definition) is 2. The number of amides is 1. The van der Waals surface area contributed by atoms with Crippen LogP contribution in [0, 0.1) is 0 Å². The van der Waals surface area contributed by atoms with Crippen molar-refractivity contribution >= 4 is 28.2 Å². The summed E-state index contributed by atoms with van der Waals surface area (Å²) in [6, 6.07) is -0.121. The first kappa shape index (κ1) is 11.2. The summed E-state index contributed by atoms with van der Waals surface area (Å²) in [5.41, 5.74) is 0. The van der Waals surface area contributed by atoms with Crippen LogP contribution in [-0.2, 0) is 4.79 Å². The largest absolute Gasteiger partial charge is 0.306 e. The molecule has 86 valence electrons. The summed E-state index contributed by atoms with van der Waals surface area (Å²) in [5, 5.41) is 6.31. The number of nitrogens with one attached hydrogen (secondary N) is 2. The molecule has 1 saturated heterocycles. The molecule has 1 aliphatic heterocycles. The van der Waals surface area contributed by atoms with Gasteiger partial charge in [0.1, 0.15) is 0 Å². The van der Waals surface area contributed by atoms with Crippen LogP contribution in [0.15, 0.2) is 6.20 Å². The van der Waals surface area contributed by atoms with Gasteiger partial charge in [-0.25, -0.2) is 4.98 Å². The van der Waals surface area contributed by atoms with Crippen LogP contribution in [-0.4, -0.2) is 29.3 Å². The van der Waals surface area contributed by atoms with Gasteiger partial charge in [0.15, 0.2) is 10.9 Å². The Morgan fingerprint density at radius 3 is 3.00 bits per heavy atom. The molecule has 1 unspecified atom stereocenters. The van der Waals surface area contributed by atoms with Crippen molar-refractivity contribution in [2.24, 2.45) is 0 Å². The van der Waals surface area contributed by atoms with Crippen LogP contribution in [0.3, 0.4) is 0 Å². The zero-order chi connectivity index (χ0) is 11.5. The Morgan fingerprint density at radius 2 is 2.44 bits per heavy atom. The molecule has 0 saturated carbocycles. The van der Waals surface area contributed by atoms with Crippen molar-refractivity contribution in [2.75, 3.05) is 11.9 Å². The van der Waals surface area contributed by atoms with Crippen molar-refractivity contribution in [1.82, 2.24) is 10.3 Å². The summed E-state index contributed by atoms with van der Waals surface area (Å²) in [7, 11) is 0. The van der Waals surface area contributed by atoms with Gasteiger partial charge < -0.3 is 10.6 Å². The number of rotatable bonds is 3. The fraction of sp³-hybridized carbons (Fsp3) is 0.500. The topological polar surface area (TPSA) is 71.1 Å². The SMILES string of the molecule is CC(=O)c1cnc(NC(=O)C2CCCN2)s1. The van der Waals surface area contributed by atoms with Crippen molar-refractivity contribution in [3.8, 4) is 0 Å². The molecule has 6 heteroatoms. The van der Waals surface area contributed by atoms with Crippen LogP contribution in [0.5, 0.6) is 0 Å². The van der Waals surface area contributed by atoms with E-state index in [1.165, 1.54) is 24.5 Å². The van der Waals surface area contributed by atoms with Crippen molar-refractivity contribution in [3.05, 3.63) is 11.1 Å². The molecule has 5 nitrogen and oxygen atoms in total. The number of hydrogen-bond acceptors (Lipinski definition) is 5. The summed E-state index contributed by atoms with van der Waals surface area (Å²) >= 11 is 1.21. The van der Waals surface area contributed by atoms with Gasteiger partial charge in [0.2, 0.25) is 5.91 Å². The maximum absolute atomic E-state index is 11.7. The number of Topliss-reactive ketones (excluding diaryl/α,β-unsaturated/α-hetero) is 1. The van der Waals surface area contributed by atoms with E-state index in [2.05, 4.69) is 15.6 Å². The number of carbonyl (C=O) groups excluding carboxylic acids is 2. The Labute approximate surface area is 97.3 Å². The predicted molar refractivity (Wildman–Crippen MR) is 61.8 cm³/mol. The standard InChI is InChI=1S/C10H13N3O2S/c1-6(14)8-5-12-10(16-8)13-9(15)7-3-2-4-11-7/h5,7,11H,2-4H2,1H3,(H,12,13,15). The second-order valence-corrected chi connectivity index (χ2v) is 4.75. The minimum Gasteiger partial charge on any atom is -0.306 e. The maximum atomic E-state index is 11.7. The number of carbonyl (C=O) groups is 2. The maximum Gasteiger partial charge on any atom is 0.243 e. The first-order valence-corrected chi connectivity index (χ1v) is 5.99. The summed E-state index contributed by atoms with van der Waals surface area (Å²) in [5.74, 6) is -0.0982. The molecule has 2 heterocycles. The molecule has 0 aliphatic carbocycles. The third-order valence-electron chi connectivity index (χ3n) is 2.46. The predicted octanol–water partition coefficient (Wildman–Crippen LogP) is 1.04. The Morgan fingerprint density at radius 1 is 1.62 bits per heavy atom. The van der Waals surface area contributed by atoms with Crippen molar-refractivity contribution in [3.63, 3.8) is 0 Å². The first-order valence-electron chi connectivity index (χ1n) is 5.18. The molecule has 1 fully saturated rings. The molecule has 0 aromatic carbocycles.